The molecule has 0 spiro atoms. The van der Waals surface area contributed by atoms with Crippen LogP contribution in [0.2, 0.25) is 0 Å². The molecule has 7 nitrogen and oxygen atoms in total. The molecule has 0 radical (unpaired) electrons. The van der Waals surface area contributed by atoms with E-state index in [0.29, 0.717) is 31.5 Å². The number of benzene rings is 1. The second-order valence-electron chi connectivity index (χ2n) is 7.63. The molecule has 0 saturated carbocycles. The first-order chi connectivity index (χ1) is 13.6. The number of carbonyl (C=O) groups is 1. The van der Waals surface area contributed by atoms with E-state index in [4.69, 9.17) is 15.5 Å². The zero-order valence-corrected chi connectivity index (χ0v) is 18.0. The summed E-state index contributed by atoms with van der Waals surface area (Å²) in [5, 5.41) is 0. The molecule has 1 unspecified atom stereocenters. The van der Waals surface area contributed by atoms with Crippen molar-refractivity contribution in [2.24, 2.45) is 5.73 Å². The summed E-state index contributed by atoms with van der Waals surface area (Å²) in [6.45, 7) is 4.11. The molecular formula is C21H31N2O5P. The Morgan fingerprint density at radius 1 is 1.17 bits per heavy atom. The lowest BCUT2D eigenvalue weighted by molar-refractivity contribution is 0.0970. The Kier molecular flexibility index (Phi) is 8.37. The number of aryl methyl sites for hydroxylation is 2. The number of phosphoric acid groups is 1. The summed E-state index contributed by atoms with van der Waals surface area (Å²) in [4.78, 5) is 30.4. The van der Waals surface area contributed by atoms with Crippen molar-refractivity contribution < 1.29 is 23.7 Å². The van der Waals surface area contributed by atoms with E-state index in [9.17, 15) is 9.36 Å². The quantitative estimate of drug-likeness (QED) is 0.356. The molecule has 0 bridgehead atoms. The second-order valence-corrected chi connectivity index (χ2v) is 8.87. The maximum absolute atomic E-state index is 12.7. The first-order valence-electron chi connectivity index (χ1n) is 9.86. The van der Waals surface area contributed by atoms with Crippen LogP contribution in [0.1, 0.15) is 54.9 Å². The fourth-order valence-electron chi connectivity index (χ4n) is 3.29. The maximum Gasteiger partial charge on any atom is 0.469 e. The molecule has 0 aliphatic heterocycles. The van der Waals surface area contributed by atoms with Crippen molar-refractivity contribution in [3.05, 3.63) is 59.4 Å². The van der Waals surface area contributed by atoms with Crippen LogP contribution in [0.3, 0.4) is 0 Å². The molecule has 0 saturated heterocycles. The van der Waals surface area contributed by atoms with Gasteiger partial charge in [0, 0.05) is 24.2 Å². The number of phosphoric ester groups is 1. The van der Waals surface area contributed by atoms with E-state index in [0.717, 1.165) is 18.5 Å². The first-order valence-corrected chi connectivity index (χ1v) is 11.4. The predicted octanol–water partition coefficient (Wildman–Crippen LogP) is 3.47. The van der Waals surface area contributed by atoms with Gasteiger partial charge in [0.1, 0.15) is 0 Å². The topological polar surface area (TPSA) is 115 Å². The van der Waals surface area contributed by atoms with Gasteiger partial charge in [-0.1, -0.05) is 30.3 Å². The molecule has 0 amide bonds. The van der Waals surface area contributed by atoms with Gasteiger partial charge in [-0.05, 0) is 57.2 Å². The van der Waals surface area contributed by atoms with E-state index in [-0.39, 0.29) is 12.4 Å². The Hall–Kier alpha value is -1.76. The number of nitrogens with zero attached hydrogens (tertiary/aromatic N) is 1. The minimum atomic E-state index is -4.55. The zero-order valence-electron chi connectivity index (χ0n) is 17.1. The van der Waals surface area contributed by atoms with Gasteiger partial charge in [-0.15, -0.1) is 0 Å². The summed E-state index contributed by atoms with van der Waals surface area (Å²) in [5.74, 6) is 0.120. The fourth-order valence-corrected chi connectivity index (χ4v) is 3.75. The first kappa shape index (κ1) is 23.5. The van der Waals surface area contributed by atoms with E-state index in [1.54, 1.807) is 6.92 Å². The lowest BCUT2D eigenvalue weighted by Gasteiger charge is -2.24. The van der Waals surface area contributed by atoms with Crippen LogP contribution >= 0.6 is 7.82 Å². The zero-order chi connectivity index (χ0) is 21.5. The molecule has 1 heterocycles. The summed E-state index contributed by atoms with van der Waals surface area (Å²) >= 11 is 0. The standard InChI is InChI=1S/C21H31N2O5P/c1-3-23-18(14-15-21(2,22)16-28-29(25,26)27)12-13-19(23)20(24)11-7-10-17-8-5-4-6-9-17/h4-6,8-9,12-13H,3,7,10-11,14-16,22H2,1-2H3,(H2,25,26,27). The number of aromatic nitrogens is 1. The highest BCUT2D eigenvalue weighted by atomic mass is 31.2. The van der Waals surface area contributed by atoms with Gasteiger partial charge in [-0.25, -0.2) is 4.57 Å². The van der Waals surface area contributed by atoms with Gasteiger partial charge in [0.2, 0.25) is 0 Å². The van der Waals surface area contributed by atoms with Gasteiger partial charge in [0.25, 0.3) is 0 Å². The van der Waals surface area contributed by atoms with Crippen molar-refractivity contribution in [1.29, 1.82) is 0 Å². The highest BCUT2D eigenvalue weighted by molar-refractivity contribution is 7.46. The molecule has 4 N–H and O–H groups in total. The van der Waals surface area contributed by atoms with Gasteiger partial charge >= 0.3 is 7.82 Å². The SMILES string of the molecule is CCn1c(CCC(C)(N)COP(=O)(O)O)ccc1C(=O)CCCc1ccccc1. The fraction of sp³-hybridized carbons (Fsp3) is 0.476. The van der Waals surface area contributed by atoms with Crippen molar-refractivity contribution in [1.82, 2.24) is 4.57 Å². The smallest absolute Gasteiger partial charge is 0.343 e. The average Bonchev–Trinajstić information content (AvgIpc) is 3.08. The van der Waals surface area contributed by atoms with Crippen molar-refractivity contribution in [3.8, 4) is 0 Å². The summed E-state index contributed by atoms with van der Waals surface area (Å²) in [7, 11) is -4.55. The maximum atomic E-state index is 12.7. The monoisotopic (exact) mass is 422 g/mol. The average molecular weight is 422 g/mol. The third-order valence-corrected chi connectivity index (χ3v) is 5.37. The molecule has 29 heavy (non-hydrogen) atoms. The Bertz CT molecular complexity index is 842. The Morgan fingerprint density at radius 2 is 1.86 bits per heavy atom. The van der Waals surface area contributed by atoms with Gasteiger partial charge in [0.05, 0.1) is 12.3 Å². The Labute approximate surface area is 172 Å². The molecule has 1 atom stereocenters. The minimum Gasteiger partial charge on any atom is -0.343 e. The van der Waals surface area contributed by atoms with Gasteiger partial charge < -0.3 is 20.1 Å². The van der Waals surface area contributed by atoms with Crippen LogP contribution in [-0.2, 0) is 28.5 Å². The van der Waals surface area contributed by atoms with Crippen LogP contribution in [0.4, 0.5) is 0 Å². The normalized spacial score (nSPS) is 14.0. The van der Waals surface area contributed by atoms with Crippen LogP contribution in [0.15, 0.2) is 42.5 Å². The molecule has 1 aromatic carbocycles. The summed E-state index contributed by atoms with van der Waals surface area (Å²) < 4.78 is 17.4. The largest absolute Gasteiger partial charge is 0.469 e. The summed E-state index contributed by atoms with van der Waals surface area (Å²) in [5.41, 5.74) is 8.12. The van der Waals surface area contributed by atoms with Gasteiger partial charge in [-0.3, -0.25) is 9.32 Å². The van der Waals surface area contributed by atoms with Crippen molar-refractivity contribution in [2.45, 2.75) is 58.0 Å². The van der Waals surface area contributed by atoms with Crippen LogP contribution in [0, 0.1) is 0 Å². The molecule has 0 aliphatic rings. The van der Waals surface area contributed by atoms with Gasteiger partial charge in [-0.2, -0.15) is 0 Å². The van der Waals surface area contributed by atoms with E-state index in [2.05, 4.69) is 16.7 Å². The minimum absolute atomic E-state index is 0.120. The second kappa shape index (κ2) is 10.3. The van der Waals surface area contributed by atoms with E-state index >= 15 is 0 Å². The number of hydrogen-bond acceptors (Lipinski definition) is 4. The molecule has 2 rings (SSSR count). The van der Waals surface area contributed by atoms with Gasteiger partial charge in [0.15, 0.2) is 5.78 Å². The number of Topliss-reactive ketones (excluding diaryl/α,β-unsaturated/α-hetero) is 1. The molecule has 0 fully saturated rings. The van der Waals surface area contributed by atoms with Crippen LogP contribution in [-0.4, -0.2) is 32.3 Å². The molecular weight excluding hydrogens is 391 g/mol. The number of hydrogen-bond donors (Lipinski definition) is 3. The van der Waals surface area contributed by atoms with E-state index in [1.165, 1.54) is 5.56 Å². The lowest BCUT2D eigenvalue weighted by Crippen LogP contribution is -2.41. The summed E-state index contributed by atoms with van der Waals surface area (Å²) in [6.07, 6.45) is 3.22. The number of carbonyl (C=O) groups excluding carboxylic acids is 1. The Morgan fingerprint density at radius 3 is 2.48 bits per heavy atom. The lowest BCUT2D eigenvalue weighted by atomic mass is 9.97. The highest BCUT2D eigenvalue weighted by Gasteiger charge is 2.25. The Balaban J connectivity index is 1.93. The molecule has 2 aromatic rings. The van der Waals surface area contributed by atoms with E-state index < -0.39 is 13.4 Å². The molecule has 0 aliphatic carbocycles. The predicted molar refractivity (Wildman–Crippen MR) is 113 cm³/mol. The van der Waals surface area contributed by atoms with Crippen molar-refractivity contribution >= 4 is 13.6 Å². The van der Waals surface area contributed by atoms with Crippen molar-refractivity contribution in [3.63, 3.8) is 0 Å². The van der Waals surface area contributed by atoms with Crippen LogP contribution in [0.25, 0.3) is 0 Å². The number of ketones is 1. The van der Waals surface area contributed by atoms with Crippen LogP contribution in [0.5, 0.6) is 0 Å². The third kappa shape index (κ3) is 7.88. The molecule has 1 aromatic heterocycles. The molecule has 8 heteroatoms. The number of rotatable bonds is 12. The summed E-state index contributed by atoms with van der Waals surface area (Å²) in [6, 6.07) is 13.9. The van der Waals surface area contributed by atoms with E-state index in [1.807, 2.05) is 41.8 Å². The molecule has 160 valence electrons. The number of nitrogens with two attached hydrogens (primary N) is 1. The third-order valence-electron chi connectivity index (χ3n) is 4.90. The van der Waals surface area contributed by atoms with Crippen LogP contribution < -0.4 is 5.73 Å². The highest BCUT2D eigenvalue weighted by Crippen LogP contribution is 2.36. The van der Waals surface area contributed by atoms with Crippen molar-refractivity contribution in [2.75, 3.05) is 6.61 Å².